The number of nitrogens with two attached hydrogens (primary N) is 1. The summed E-state index contributed by atoms with van der Waals surface area (Å²) < 4.78 is 37.9. The van der Waals surface area contributed by atoms with E-state index < -0.39 is 23.9 Å². The molecule has 2 rings (SSSR count). The van der Waals surface area contributed by atoms with Crippen LogP contribution in [0, 0.1) is 5.92 Å². The Morgan fingerprint density at radius 1 is 1.20 bits per heavy atom. The lowest BCUT2D eigenvalue weighted by Crippen LogP contribution is -2.32. The van der Waals surface area contributed by atoms with Gasteiger partial charge in [0.1, 0.15) is 0 Å². The van der Waals surface area contributed by atoms with Gasteiger partial charge in [-0.1, -0.05) is 25.0 Å². The molecule has 1 aliphatic carbocycles. The summed E-state index contributed by atoms with van der Waals surface area (Å²) in [5.74, 6) is 0.101. The van der Waals surface area contributed by atoms with Crippen LogP contribution >= 0.6 is 12.4 Å². The van der Waals surface area contributed by atoms with E-state index in [9.17, 15) is 18.3 Å². The fourth-order valence-corrected chi connectivity index (χ4v) is 2.71. The minimum atomic E-state index is -4.38. The maximum Gasteiger partial charge on any atom is 0.416 e. The van der Waals surface area contributed by atoms with Gasteiger partial charge in [-0.25, -0.2) is 0 Å². The van der Waals surface area contributed by atoms with Gasteiger partial charge in [0.05, 0.1) is 17.7 Å². The Labute approximate surface area is 122 Å². The third-order valence-electron chi connectivity index (χ3n) is 3.85. The molecule has 0 radical (unpaired) electrons. The molecule has 0 bridgehead atoms. The summed E-state index contributed by atoms with van der Waals surface area (Å²) in [6.45, 7) is 0. The van der Waals surface area contributed by atoms with Crippen molar-refractivity contribution in [3.05, 3.63) is 35.4 Å². The number of halogens is 4. The summed E-state index contributed by atoms with van der Waals surface area (Å²) in [5, 5.41) is 10.2. The number of hydrogen-bond acceptors (Lipinski definition) is 2. The highest BCUT2D eigenvalue weighted by Gasteiger charge is 2.33. The third kappa shape index (κ3) is 3.87. The summed E-state index contributed by atoms with van der Waals surface area (Å²) in [7, 11) is 0. The second-order valence-corrected chi connectivity index (χ2v) is 5.18. The molecule has 20 heavy (non-hydrogen) atoms. The molecule has 0 aromatic heterocycles. The first-order valence-electron chi connectivity index (χ1n) is 6.50. The standard InChI is InChI=1S/C14H18F3NO.ClH/c15-14(16,17)11-7-3-6-10(8-11)12(18)13(19)9-4-1-2-5-9;/h3,6-9,12-13,19H,1-2,4-5,18H2;1H/t12-,13+;/m0./s1. The molecular weight excluding hydrogens is 291 g/mol. The average molecular weight is 310 g/mol. The molecular formula is C14H19ClF3NO. The SMILES string of the molecule is Cl.N[C@@H](c1cccc(C(F)(F)F)c1)[C@H](O)C1CCCC1. The molecule has 0 heterocycles. The number of alkyl halides is 3. The Bertz CT molecular complexity index is 433. The van der Waals surface area contributed by atoms with Crippen molar-refractivity contribution < 1.29 is 18.3 Å². The van der Waals surface area contributed by atoms with Crippen LogP contribution in [-0.4, -0.2) is 11.2 Å². The Hall–Kier alpha value is -0.780. The molecule has 1 saturated carbocycles. The molecule has 6 heteroatoms. The van der Waals surface area contributed by atoms with Gasteiger partial charge in [-0.3, -0.25) is 0 Å². The Balaban J connectivity index is 0.00000200. The van der Waals surface area contributed by atoms with Crippen molar-refractivity contribution in [1.82, 2.24) is 0 Å². The van der Waals surface area contributed by atoms with Crippen LogP contribution in [0.3, 0.4) is 0 Å². The molecule has 0 unspecified atom stereocenters. The van der Waals surface area contributed by atoms with Crippen LogP contribution in [-0.2, 0) is 6.18 Å². The van der Waals surface area contributed by atoms with Crippen molar-refractivity contribution >= 4 is 12.4 Å². The van der Waals surface area contributed by atoms with E-state index in [2.05, 4.69) is 0 Å². The zero-order valence-corrected chi connectivity index (χ0v) is 11.8. The molecule has 1 aliphatic rings. The quantitative estimate of drug-likeness (QED) is 0.894. The summed E-state index contributed by atoms with van der Waals surface area (Å²) in [5.41, 5.74) is 5.53. The fraction of sp³-hybridized carbons (Fsp3) is 0.571. The highest BCUT2D eigenvalue weighted by molar-refractivity contribution is 5.85. The molecule has 0 spiro atoms. The second-order valence-electron chi connectivity index (χ2n) is 5.18. The molecule has 2 nitrogen and oxygen atoms in total. The van der Waals surface area contributed by atoms with Gasteiger partial charge in [-0.2, -0.15) is 13.2 Å². The Morgan fingerprint density at radius 3 is 2.35 bits per heavy atom. The molecule has 2 atom stereocenters. The zero-order valence-electron chi connectivity index (χ0n) is 10.9. The van der Waals surface area contributed by atoms with E-state index in [4.69, 9.17) is 5.73 Å². The fourth-order valence-electron chi connectivity index (χ4n) is 2.71. The van der Waals surface area contributed by atoms with Crippen molar-refractivity contribution in [3.8, 4) is 0 Å². The van der Waals surface area contributed by atoms with Crippen molar-refractivity contribution in [2.45, 2.75) is 44.0 Å². The first-order chi connectivity index (χ1) is 8.89. The Kier molecular flexibility index (Phi) is 5.86. The maximum atomic E-state index is 12.6. The van der Waals surface area contributed by atoms with Gasteiger partial charge in [0.15, 0.2) is 0 Å². The molecule has 0 aliphatic heterocycles. The van der Waals surface area contributed by atoms with Gasteiger partial charge in [0.25, 0.3) is 0 Å². The van der Waals surface area contributed by atoms with Gasteiger partial charge in [0.2, 0.25) is 0 Å². The number of hydrogen-bond donors (Lipinski definition) is 2. The molecule has 1 fully saturated rings. The van der Waals surface area contributed by atoms with Gasteiger partial charge >= 0.3 is 6.18 Å². The summed E-state index contributed by atoms with van der Waals surface area (Å²) in [6, 6.07) is 4.16. The normalized spacial score (nSPS) is 19.4. The maximum absolute atomic E-state index is 12.6. The molecule has 3 N–H and O–H groups in total. The number of benzene rings is 1. The predicted octanol–water partition coefficient (Wildman–Crippen LogP) is 3.68. The van der Waals surface area contributed by atoms with Crippen molar-refractivity contribution in [1.29, 1.82) is 0 Å². The highest BCUT2D eigenvalue weighted by Crippen LogP contribution is 2.34. The monoisotopic (exact) mass is 309 g/mol. The number of aliphatic hydroxyl groups excluding tert-OH is 1. The minimum absolute atomic E-state index is 0. The first-order valence-corrected chi connectivity index (χ1v) is 6.50. The third-order valence-corrected chi connectivity index (χ3v) is 3.85. The molecule has 114 valence electrons. The largest absolute Gasteiger partial charge is 0.416 e. The van der Waals surface area contributed by atoms with E-state index >= 15 is 0 Å². The van der Waals surface area contributed by atoms with Crippen LogP contribution in [0.5, 0.6) is 0 Å². The van der Waals surface area contributed by atoms with Gasteiger partial charge < -0.3 is 10.8 Å². The predicted molar refractivity (Wildman–Crippen MR) is 73.6 cm³/mol. The van der Waals surface area contributed by atoms with E-state index in [-0.39, 0.29) is 18.3 Å². The first kappa shape index (κ1) is 17.3. The van der Waals surface area contributed by atoms with E-state index in [0.29, 0.717) is 5.56 Å². The van der Waals surface area contributed by atoms with Crippen LogP contribution in [0.4, 0.5) is 13.2 Å². The van der Waals surface area contributed by atoms with E-state index in [1.54, 1.807) is 0 Å². The summed E-state index contributed by atoms with van der Waals surface area (Å²) in [6.07, 6.45) is -1.25. The van der Waals surface area contributed by atoms with E-state index in [1.165, 1.54) is 12.1 Å². The van der Waals surface area contributed by atoms with Crippen LogP contribution in [0.15, 0.2) is 24.3 Å². The lowest BCUT2D eigenvalue weighted by Gasteiger charge is -2.25. The molecule has 1 aromatic rings. The van der Waals surface area contributed by atoms with Gasteiger partial charge in [-0.05, 0) is 36.5 Å². The lowest BCUT2D eigenvalue weighted by atomic mass is 9.90. The molecule has 1 aromatic carbocycles. The van der Waals surface area contributed by atoms with Crippen LogP contribution < -0.4 is 5.73 Å². The Morgan fingerprint density at radius 2 is 1.80 bits per heavy atom. The minimum Gasteiger partial charge on any atom is -0.391 e. The summed E-state index contributed by atoms with van der Waals surface area (Å²) >= 11 is 0. The zero-order chi connectivity index (χ0) is 14.0. The second kappa shape index (κ2) is 6.78. The van der Waals surface area contributed by atoms with Crippen molar-refractivity contribution in [3.63, 3.8) is 0 Å². The van der Waals surface area contributed by atoms with Gasteiger partial charge in [-0.15, -0.1) is 12.4 Å². The number of aliphatic hydroxyl groups is 1. The van der Waals surface area contributed by atoms with Crippen LogP contribution in [0.25, 0.3) is 0 Å². The van der Waals surface area contributed by atoms with E-state index in [1.807, 2.05) is 0 Å². The van der Waals surface area contributed by atoms with Gasteiger partial charge in [0, 0.05) is 0 Å². The molecule has 0 saturated heterocycles. The van der Waals surface area contributed by atoms with Crippen molar-refractivity contribution in [2.75, 3.05) is 0 Å². The lowest BCUT2D eigenvalue weighted by molar-refractivity contribution is -0.137. The van der Waals surface area contributed by atoms with Crippen LogP contribution in [0.2, 0.25) is 0 Å². The van der Waals surface area contributed by atoms with E-state index in [0.717, 1.165) is 37.8 Å². The van der Waals surface area contributed by atoms with Crippen LogP contribution in [0.1, 0.15) is 42.9 Å². The summed E-state index contributed by atoms with van der Waals surface area (Å²) in [4.78, 5) is 0. The topological polar surface area (TPSA) is 46.2 Å². The number of rotatable bonds is 3. The molecule has 0 amide bonds. The average Bonchev–Trinajstić information content (AvgIpc) is 2.90. The van der Waals surface area contributed by atoms with Crippen molar-refractivity contribution in [2.24, 2.45) is 11.7 Å². The highest BCUT2D eigenvalue weighted by atomic mass is 35.5. The smallest absolute Gasteiger partial charge is 0.391 e.